The van der Waals surface area contributed by atoms with E-state index < -0.39 is 0 Å². The number of likely N-dealkylation sites (tertiary alicyclic amines) is 2. The molecule has 27 heavy (non-hydrogen) atoms. The van der Waals surface area contributed by atoms with Gasteiger partial charge in [-0.05, 0) is 45.2 Å². The van der Waals surface area contributed by atoms with E-state index in [0.29, 0.717) is 26.1 Å². The SMILES string of the molecule is Cc1ccccc1C(=O)N1CCC(NC(=O)C2CC(=O)N(C(C)C)C2)CC1. The minimum Gasteiger partial charge on any atom is -0.353 e. The zero-order valence-corrected chi connectivity index (χ0v) is 16.4. The van der Waals surface area contributed by atoms with E-state index in [-0.39, 0.29) is 35.7 Å². The molecule has 0 bridgehead atoms. The second-order valence-corrected chi connectivity index (χ2v) is 7.93. The van der Waals surface area contributed by atoms with Crippen LogP contribution in [-0.4, -0.2) is 59.2 Å². The minimum atomic E-state index is -0.258. The van der Waals surface area contributed by atoms with Gasteiger partial charge in [-0.15, -0.1) is 0 Å². The average Bonchev–Trinajstić information content (AvgIpc) is 3.04. The molecule has 3 amide bonds. The first-order chi connectivity index (χ1) is 12.9. The predicted octanol–water partition coefficient (Wildman–Crippen LogP) is 1.97. The van der Waals surface area contributed by atoms with Gasteiger partial charge >= 0.3 is 0 Å². The van der Waals surface area contributed by atoms with Gasteiger partial charge < -0.3 is 15.1 Å². The Kier molecular flexibility index (Phi) is 5.82. The fraction of sp³-hybridized carbons (Fsp3) is 0.571. The Bertz CT molecular complexity index is 723. The van der Waals surface area contributed by atoms with Crippen molar-refractivity contribution in [3.8, 4) is 0 Å². The van der Waals surface area contributed by atoms with Crippen LogP contribution in [-0.2, 0) is 9.59 Å². The van der Waals surface area contributed by atoms with Crippen LogP contribution < -0.4 is 5.32 Å². The lowest BCUT2D eigenvalue weighted by molar-refractivity contribution is -0.130. The molecular formula is C21H29N3O3. The van der Waals surface area contributed by atoms with Crippen molar-refractivity contribution in [2.75, 3.05) is 19.6 Å². The van der Waals surface area contributed by atoms with E-state index in [9.17, 15) is 14.4 Å². The number of hydrogen-bond donors (Lipinski definition) is 1. The fourth-order valence-corrected chi connectivity index (χ4v) is 3.94. The Morgan fingerprint density at radius 3 is 2.41 bits per heavy atom. The largest absolute Gasteiger partial charge is 0.353 e. The summed E-state index contributed by atoms with van der Waals surface area (Å²) in [6.07, 6.45) is 1.80. The molecular weight excluding hydrogens is 342 g/mol. The van der Waals surface area contributed by atoms with E-state index in [0.717, 1.165) is 24.0 Å². The molecule has 0 aliphatic carbocycles. The molecule has 1 N–H and O–H groups in total. The van der Waals surface area contributed by atoms with Crippen molar-refractivity contribution >= 4 is 17.7 Å². The van der Waals surface area contributed by atoms with Crippen LogP contribution in [0.2, 0.25) is 0 Å². The summed E-state index contributed by atoms with van der Waals surface area (Å²) in [5.74, 6) is -0.169. The third kappa shape index (κ3) is 4.31. The number of nitrogens with one attached hydrogen (secondary N) is 1. The first-order valence-electron chi connectivity index (χ1n) is 9.81. The lowest BCUT2D eigenvalue weighted by Crippen LogP contribution is -2.48. The van der Waals surface area contributed by atoms with Crippen molar-refractivity contribution < 1.29 is 14.4 Å². The monoisotopic (exact) mass is 371 g/mol. The maximum atomic E-state index is 12.7. The van der Waals surface area contributed by atoms with E-state index in [1.807, 2.05) is 49.9 Å². The van der Waals surface area contributed by atoms with Crippen LogP contribution in [0.1, 0.15) is 49.0 Å². The molecule has 2 saturated heterocycles. The van der Waals surface area contributed by atoms with E-state index in [1.165, 1.54) is 0 Å². The van der Waals surface area contributed by atoms with Gasteiger partial charge in [0.1, 0.15) is 0 Å². The van der Waals surface area contributed by atoms with Gasteiger partial charge in [-0.3, -0.25) is 14.4 Å². The highest BCUT2D eigenvalue weighted by atomic mass is 16.2. The lowest BCUT2D eigenvalue weighted by Gasteiger charge is -2.33. The third-order valence-corrected chi connectivity index (χ3v) is 5.66. The highest BCUT2D eigenvalue weighted by Crippen LogP contribution is 2.22. The molecule has 1 atom stereocenters. The zero-order chi connectivity index (χ0) is 19.6. The second-order valence-electron chi connectivity index (χ2n) is 7.93. The molecule has 146 valence electrons. The standard InChI is InChI=1S/C21H29N3O3/c1-14(2)24-13-16(12-19(24)25)20(26)22-17-8-10-23(11-9-17)21(27)18-7-5-4-6-15(18)3/h4-7,14,16-17H,8-13H2,1-3H3,(H,22,26). The number of benzene rings is 1. The van der Waals surface area contributed by atoms with Crippen LogP contribution in [0.4, 0.5) is 0 Å². The third-order valence-electron chi connectivity index (χ3n) is 5.66. The second kappa shape index (κ2) is 8.11. The first-order valence-corrected chi connectivity index (χ1v) is 9.81. The van der Waals surface area contributed by atoms with E-state index in [2.05, 4.69) is 5.32 Å². The van der Waals surface area contributed by atoms with Gasteiger partial charge in [-0.25, -0.2) is 0 Å². The maximum absolute atomic E-state index is 12.7. The molecule has 6 nitrogen and oxygen atoms in total. The summed E-state index contributed by atoms with van der Waals surface area (Å²) in [7, 11) is 0. The van der Waals surface area contributed by atoms with Crippen LogP contribution in [0.5, 0.6) is 0 Å². The Hall–Kier alpha value is -2.37. The van der Waals surface area contributed by atoms with E-state index in [4.69, 9.17) is 0 Å². The van der Waals surface area contributed by atoms with Crippen LogP contribution in [0, 0.1) is 12.8 Å². The van der Waals surface area contributed by atoms with Crippen molar-refractivity contribution in [3.63, 3.8) is 0 Å². The smallest absolute Gasteiger partial charge is 0.254 e. The van der Waals surface area contributed by atoms with E-state index in [1.54, 1.807) is 4.90 Å². The van der Waals surface area contributed by atoms with Crippen LogP contribution in [0.15, 0.2) is 24.3 Å². The quantitative estimate of drug-likeness (QED) is 0.880. The number of carbonyl (C=O) groups excluding carboxylic acids is 3. The van der Waals surface area contributed by atoms with E-state index >= 15 is 0 Å². The summed E-state index contributed by atoms with van der Waals surface area (Å²) in [6.45, 7) is 7.68. The molecule has 0 aromatic heterocycles. The van der Waals surface area contributed by atoms with Crippen molar-refractivity contribution in [3.05, 3.63) is 35.4 Å². The van der Waals surface area contributed by atoms with Gasteiger partial charge in [0.2, 0.25) is 11.8 Å². The maximum Gasteiger partial charge on any atom is 0.254 e. The number of aryl methyl sites for hydroxylation is 1. The van der Waals surface area contributed by atoms with Crippen LogP contribution in [0.3, 0.4) is 0 Å². The topological polar surface area (TPSA) is 69.7 Å². The minimum absolute atomic E-state index is 0.0322. The fourth-order valence-electron chi connectivity index (χ4n) is 3.94. The number of amides is 3. The normalized spacial score (nSPS) is 21.0. The predicted molar refractivity (Wildman–Crippen MR) is 103 cm³/mol. The van der Waals surface area contributed by atoms with Gasteiger partial charge in [0, 0.05) is 43.7 Å². The molecule has 2 heterocycles. The molecule has 2 fully saturated rings. The molecule has 1 unspecified atom stereocenters. The van der Waals surface area contributed by atoms with Gasteiger partial charge in [-0.1, -0.05) is 18.2 Å². The summed E-state index contributed by atoms with van der Waals surface area (Å²) in [4.78, 5) is 40.9. The number of carbonyl (C=O) groups is 3. The van der Waals surface area contributed by atoms with Crippen molar-refractivity contribution in [1.82, 2.24) is 15.1 Å². The number of piperidine rings is 1. The molecule has 1 aromatic carbocycles. The molecule has 3 rings (SSSR count). The molecule has 2 aliphatic rings. The van der Waals surface area contributed by atoms with Crippen LogP contribution in [0.25, 0.3) is 0 Å². The Morgan fingerprint density at radius 2 is 1.81 bits per heavy atom. The summed E-state index contributed by atoms with van der Waals surface area (Å²) < 4.78 is 0. The van der Waals surface area contributed by atoms with Gasteiger partial charge in [0.15, 0.2) is 0 Å². The van der Waals surface area contributed by atoms with Gasteiger partial charge in [0.05, 0.1) is 5.92 Å². The molecule has 0 saturated carbocycles. The first kappa shape index (κ1) is 19.4. The van der Waals surface area contributed by atoms with Crippen molar-refractivity contribution in [1.29, 1.82) is 0 Å². The molecule has 0 spiro atoms. The molecule has 2 aliphatic heterocycles. The zero-order valence-electron chi connectivity index (χ0n) is 16.4. The Morgan fingerprint density at radius 1 is 1.15 bits per heavy atom. The number of rotatable bonds is 4. The summed E-state index contributed by atoms with van der Waals surface area (Å²) in [5.41, 5.74) is 1.73. The molecule has 6 heteroatoms. The Balaban J connectivity index is 1.50. The molecule has 1 aromatic rings. The van der Waals surface area contributed by atoms with Crippen molar-refractivity contribution in [2.24, 2.45) is 5.92 Å². The summed E-state index contributed by atoms with van der Waals surface area (Å²) in [5, 5.41) is 3.10. The van der Waals surface area contributed by atoms with Crippen LogP contribution >= 0.6 is 0 Å². The number of hydrogen-bond acceptors (Lipinski definition) is 3. The van der Waals surface area contributed by atoms with Gasteiger partial charge in [0.25, 0.3) is 5.91 Å². The highest BCUT2D eigenvalue weighted by Gasteiger charge is 2.36. The lowest BCUT2D eigenvalue weighted by atomic mass is 10.0. The average molecular weight is 371 g/mol. The van der Waals surface area contributed by atoms with Crippen molar-refractivity contribution in [2.45, 2.75) is 52.1 Å². The summed E-state index contributed by atoms with van der Waals surface area (Å²) in [6, 6.07) is 7.83. The number of nitrogens with zero attached hydrogens (tertiary/aromatic N) is 2. The Labute approximate surface area is 160 Å². The highest BCUT2D eigenvalue weighted by molar-refractivity contribution is 5.95. The van der Waals surface area contributed by atoms with Gasteiger partial charge in [-0.2, -0.15) is 0 Å². The molecule has 0 radical (unpaired) electrons. The summed E-state index contributed by atoms with van der Waals surface area (Å²) >= 11 is 0.